The lowest BCUT2D eigenvalue weighted by molar-refractivity contribution is -0.136. The van der Waals surface area contributed by atoms with Gasteiger partial charge >= 0.3 is 0 Å². The number of carbonyl (C=O) groups excluding carboxylic acids is 5. The number of piperidine rings is 1. The molecule has 1 saturated carbocycles. The van der Waals surface area contributed by atoms with Crippen molar-refractivity contribution in [2.75, 3.05) is 56.4 Å². The standard InChI is InChI=1S/C38H47ClN10O5/c1-3-23(4-2)29-20-31(49-35(44-29)27(39)21-42-49)43-25-10-9-24(19-25)41-22-33(51)47-17-15-46(16-18-47)14-6-13-40-28-8-5-7-26-34(28)38(54)48(37(26)53)30-11-12-32(50)45-36(30)52/h3,5,7-8,20-21,24-25,30,40-41,43H,4,6,9-19,22H2,1-2H3,(H,45,50,52)/b23-3+/t24-,25-,30?/m0/s1. The second kappa shape index (κ2) is 16.2. The van der Waals surface area contributed by atoms with Gasteiger partial charge in [-0.2, -0.15) is 9.61 Å². The molecule has 3 fully saturated rings. The molecule has 2 saturated heterocycles. The fraction of sp³-hybridized carbons (Fsp3) is 0.500. The van der Waals surface area contributed by atoms with Crippen LogP contribution < -0.4 is 21.3 Å². The summed E-state index contributed by atoms with van der Waals surface area (Å²) in [5.74, 6) is -1.10. The van der Waals surface area contributed by atoms with Crippen molar-refractivity contribution in [3.8, 4) is 0 Å². The van der Waals surface area contributed by atoms with E-state index in [1.54, 1.807) is 28.9 Å². The van der Waals surface area contributed by atoms with Gasteiger partial charge in [0.1, 0.15) is 16.9 Å². The normalized spacial score (nSPS) is 22.3. The quantitative estimate of drug-likeness (QED) is 0.149. The number of carbonyl (C=O) groups is 5. The van der Waals surface area contributed by atoms with E-state index < -0.39 is 29.7 Å². The van der Waals surface area contributed by atoms with Gasteiger partial charge in [0.25, 0.3) is 11.8 Å². The molecule has 1 aromatic carbocycles. The molecular formula is C38H47ClN10O5. The molecule has 5 heterocycles. The second-order valence-electron chi connectivity index (χ2n) is 14.3. The maximum Gasteiger partial charge on any atom is 0.264 e. The van der Waals surface area contributed by atoms with E-state index in [1.165, 1.54) is 0 Å². The van der Waals surface area contributed by atoms with Crippen molar-refractivity contribution in [3.63, 3.8) is 0 Å². The maximum absolute atomic E-state index is 13.4. The highest BCUT2D eigenvalue weighted by Gasteiger charge is 2.45. The summed E-state index contributed by atoms with van der Waals surface area (Å²) in [6, 6.07) is 6.57. The van der Waals surface area contributed by atoms with E-state index >= 15 is 0 Å². The highest BCUT2D eigenvalue weighted by molar-refractivity contribution is 6.33. The van der Waals surface area contributed by atoms with Crippen molar-refractivity contribution >= 4 is 63.9 Å². The molecule has 3 atom stereocenters. The number of benzene rings is 1. The van der Waals surface area contributed by atoms with Gasteiger partial charge in [-0.1, -0.05) is 30.7 Å². The molecule has 3 aliphatic heterocycles. The molecule has 16 heteroatoms. The zero-order chi connectivity index (χ0) is 37.9. The molecule has 7 rings (SSSR count). The van der Waals surface area contributed by atoms with E-state index in [4.69, 9.17) is 16.6 Å². The van der Waals surface area contributed by atoms with Crippen molar-refractivity contribution < 1.29 is 24.0 Å². The van der Waals surface area contributed by atoms with E-state index in [9.17, 15) is 24.0 Å². The lowest BCUT2D eigenvalue weighted by atomic mass is 10.0. The van der Waals surface area contributed by atoms with Crippen LogP contribution in [0.3, 0.4) is 0 Å². The number of anilines is 2. The minimum atomic E-state index is -0.998. The molecule has 1 unspecified atom stereocenters. The number of halogens is 1. The van der Waals surface area contributed by atoms with E-state index in [1.807, 2.05) is 17.9 Å². The first kappa shape index (κ1) is 37.5. The third kappa shape index (κ3) is 7.70. The number of imide groups is 2. The minimum absolute atomic E-state index is 0.0763. The third-order valence-corrected chi connectivity index (χ3v) is 11.2. The average molecular weight is 759 g/mol. The minimum Gasteiger partial charge on any atom is -0.384 e. The number of amides is 5. The molecule has 1 aliphatic carbocycles. The molecule has 286 valence electrons. The second-order valence-corrected chi connectivity index (χ2v) is 14.7. The van der Waals surface area contributed by atoms with Gasteiger partial charge in [-0.15, -0.1) is 0 Å². The SMILES string of the molecule is C/C=C(\CC)c1cc(N[C@H]2CC[C@H](NCC(=O)N3CCN(CCCNc4cccc5c4C(=O)N(C4CCC(=O)NC4=O)C5=O)CC3)C2)n2ncc(Cl)c2n1. The molecule has 0 radical (unpaired) electrons. The number of piperazine rings is 1. The smallest absolute Gasteiger partial charge is 0.264 e. The highest BCUT2D eigenvalue weighted by Crippen LogP contribution is 2.33. The Morgan fingerprint density at radius 3 is 2.61 bits per heavy atom. The van der Waals surface area contributed by atoms with Crippen molar-refractivity contribution in [2.24, 2.45) is 0 Å². The maximum atomic E-state index is 13.4. The van der Waals surface area contributed by atoms with Crippen LogP contribution in [0.1, 0.15) is 85.2 Å². The summed E-state index contributed by atoms with van der Waals surface area (Å²) in [5, 5.41) is 17.7. The van der Waals surface area contributed by atoms with Crippen molar-refractivity contribution in [2.45, 2.75) is 76.9 Å². The van der Waals surface area contributed by atoms with Crippen LogP contribution in [0.5, 0.6) is 0 Å². The fourth-order valence-corrected chi connectivity index (χ4v) is 8.16. The molecule has 4 aliphatic rings. The Kier molecular flexibility index (Phi) is 11.3. The van der Waals surface area contributed by atoms with Crippen LogP contribution in [0.25, 0.3) is 11.2 Å². The average Bonchev–Trinajstić information content (AvgIpc) is 3.86. The van der Waals surface area contributed by atoms with Gasteiger partial charge in [-0.25, -0.2) is 4.98 Å². The van der Waals surface area contributed by atoms with Crippen LogP contribution in [0.15, 0.2) is 36.5 Å². The molecule has 3 aromatic rings. The van der Waals surface area contributed by atoms with Gasteiger partial charge in [-0.3, -0.25) is 39.1 Å². The number of hydrogen-bond donors (Lipinski definition) is 4. The summed E-state index contributed by atoms with van der Waals surface area (Å²) in [5.41, 5.74) is 3.73. The van der Waals surface area contributed by atoms with Crippen LogP contribution in [-0.4, -0.2) is 123 Å². The van der Waals surface area contributed by atoms with Crippen molar-refractivity contribution in [1.29, 1.82) is 0 Å². The first-order chi connectivity index (χ1) is 26.1. The van der Waals surface area contributed by atoms with Gasteiger partial charge in [0, 0.05) is 63.0 Å². The molecule has 54 heavy (non-hydrogen) atoms. The topological polar surface area (TPSA) is 173 Å². The Hall–Kier alpha value is -4.86. The molecule has 15 nitrogen and oxygen atoms in total. The lowest BCUT2D eigenvalue weighted by Gasteiger charge is -2.35. The first-order valence-electron chi connectivity index (χ1n) is 18.9. The first-order valence-corrected chi connectivity index (χ1v) is 19.3. The van der Waals surface area contributed by atoms with Crippen molar-refractivity contribution in [1.82, 2.24) is 39.9 Å². The summed E-state index contributed by atoms with van der Waals surface area (Å²) < 4.78 is 1.76. The lowest BCUT2D eigenvalue weighted by Crippen LogP contribution is -2.54. The number of fused-ring (bicyclic) bond motifs is 2. The van der Waals surface area contributed by atoms with Gasteiger partial charge in [0.2, 0.25) is 17.7 Å². The van der Waals surface area contributed by atoms with Gasteiger partial charge in [-0.05, 0) is 69.7 Å². The number of aromatic nitrogens is 3. The zero-order valence-electron chi connectivity index (χ0n) is 30.7. The predicted molar refractivity (Wildman–Crippen MR) is 204 cm³/mol. The Bertz CT molecular complexity index is 1990. The highest BCUT2D eigenvalue weighted by atomic mass is 35.5. The van der Waals surface area contributed by atoms with Gasteiger partial charge < -0.3 is 20.9 Å². The molecule has 0 spiro atoms. The predicted octanol–water partition coefficient (Wildman–Crippen LogP) is 3.17. The van der Waals surface area contributed by atoms with Crippen LogP contribution in [-0.2, 0) is 14.4 Å². The van der Waals surface area contributed by atoms with Gasteiger partial charge in [0.15, 0.2) is 5.65 Å². The zero-order valence-corrected chi connectivity index (χ0v) is 31.5. The van der Waals surface area contributed by atoms with E-state index in [0.717, 1.165) is 73.7 Å². The monoisotopic (exact) mass is 758 g/mol. The van der Waals surface area contributed by atoms with E-state index in [2.05, 4.69) is 44.3 Å². The molecular weight excluding hydrogens is 712 g/mol. The van der Waals surface area contributed by atoms with E-state index in [0.29, 0.717) is 42.5 Å². The van der Waals surface area contributed by atoms with E-state index in [-0.39, 0.29) is 42.0 Å². The third-order valence-electron chi connectivity index (χ3n) is 11.0. The summed E-state index contributed by atoms with van der Waals surface area (Å²) >= 11 is 6.41. The Balaban J connectivity index is 0.828. The number of rotatable bonds is 13. The Morgan fingerprint density at radius 2 is 1.85 bits per heavy atom. The Labute approximate surface area is 318 Å². The summed E-state index contributed by atoms with van der Waals surface area (Å²) in [6.45, 7) is 8.73. The molecule has 5 amide bonds. The summed E-state index contributed by atoms with van der Waals surface area (Å²) in [4.78, 5) is 73.6. The largest absolute Gasteiger partial charge is 0.384 e. The summed E-state index contributed by atoms with van der Waals surface area (Å²) in [7, 11) is 0. The van der Waals surface area contributed by atoms with Crippen LogP contribution in [0.4, 0.5) is 11.5 Å². The number of nitrogens with one attached hydrogen (secondary N) is 4. The van der Waals surface area contributed by atoms with Gasteiger partial charge in [0.05, 0.1) is 29.6 Å². The molecule has 4 N–H and O–H groups in total. The Morgan fingerprint density at radius 1 is 1.06 bits per heavy atom. The van der Waals surface area contributed by atoms with Crippen LogP contribution in [0, 0.1) is 0 Å². The molecule has 2 aromatic heterocycles. The van der Waals surface area contributed by atoms with Crippen LogP contribution in [0.2, 0.25) is 5.02 Å². The fourth-order valence-electron chi connectivity index (χ4n) is 8.00. The number of hydrogen-bond acceptors (Lipinski definition) is 11. The number of nitrogens with zero attached hydrogens (tertiary/aromatic N) is 6. The summed E-state index contributed by atoms with van der Waals surface area (Å²) in [6.07, 6.45) is 8.38. The van der Waals surface area contributed by atoms with Crippen molar-refractivity contribution in [3.05, 3.63) is 58.4 Å². The number of allylic oxidation sites excluding steroid dienone is 2. The van der Waals surface area contributed by atoms with Crippen LogP contribution >= 0.6 is 11.6 Å². The molecule has 0 bridgehead atoms.